The van der Waals surface area contributed by atoms with E-state index in [4.69, 9.17) is 0 Å². The van der Waals surface area contributed by atoms with Crippen molar-refractivity contribution in [3.8, 4) is 0 Å². The summed E-state index contributed by atoms with van der Waals surface area (Å²) in [5.41, 5.74) is 0.403. The summed E-state index contributed by atoms with van der Waals surface area (Å²) in [6.07, 6.45) is 10.7. The molecule has 15 heavy (non-hydrogen) atoms. The van der Waals surface area contributed by atoms with Gasteiger partial charge in [0.05, 0.1) is 0 Å². The van der Waals surface area contributed by atoms with Gasteiger partial charge in [0.25, 0.3) is 0 Å². The van der Waals surface area contributed by atoms with Crippen LogP contribution in [0.15, 0.2) is 12.7 Å². The zero-order valence-corrected chi connectivity index (χ0v) is 9.37. The van der Waals surface area contributed by atoms with Gasteiger partial charge in [0.15, 0.2) is 5.78 Å². The first kappa shape index (κ1) is 9.62. The van der Waals surface area contributed by atoms with Crippen molar-refractivity contribution in [2.45, 2.75) is 44.9 Å². The van der Waals surface area contributed by atoms with Gasteiger partial charge < -0.3 is 0 Å². The third-order valence-electron chi connectivity index (χ3n) is 4.94. The molecule has 0 aromatic rings. The lowest BCUT2D eigenvalue weighted by atomic mass is 9.48. The zero-order chi connectivity index (χ0) is 10.5. The lowest BCUT2D eigenvalue weighted by Crippen LogP contribution is -2.46. The Kier molecular flexibility index (Phi) is 2.05. The molecule has 0 radical (unpaired) electrons. The first-order chi connectivity index (χ1) is 7.19. The Bertz CT molecular complexity index is 267. The average molecular weight is 204 g/mol. The highest BCUT2D eigenvalue weighted by atomic mass is 16.1. The Labute approximate surface area is 91.9 Å². The second kappa shape index (κ2) is 3.20. The molecule has 0 aromatic heterocycles. The molecule has 0 atom stereocenters. The van der Waals surface area contributed by atoms with Gasteiger partial charge in [-0.25, -0.2) is 0 Å². The fourth-order valence-corrected chi connectivity index (χ4v) is 4.95. The molecular formula is C14H20O. The maximum Gasteiger partial charge on any atom is 0.155 e. The third kappa shape index (κ3) is 1.56. The fraction of sp³-hybridized carbons (Fsp3) is 0.786. The van der Waals surface area contributed by atoms with Crippen molar-refractivity contribution in [1.29, 1.82) is 0 Å². The zero-order valence-electron chi connectivity index (χ0n) is 9.37. The van der Waals surface area contributed by atoms with E-state index in [2.05, 4.69) is 6.58 Å². The molecule has 4 saturated carbocycles. The maximum atomic E-state index is 11.6. The van der Waals surface area contributed by atoms with E-state index < -0.39 is 0 Å². The van der Waals surface area contributed by atoms with E-state index in [-0.39, 0.29) is 5.78 Å². The Morgan fingerprint density at radius 2 is 1.60 bits per heavy atom. The molecule has 4 bridgehead atoms. The molecule has 4 aliphatic rings. The van der Waals surface area contributed by atoms with Crippen LogP contribution in [0.2, 0.25) is 0 Å². The number of allylic oxidation sites excluding steroid dienone is 1. The van der Waals surface area contributed by atoms with E-state index in [1.165, 1.54) is 44.6 Å². The molecule has 82 valence electrons. The molecule has 0 aromatic carbocycles. The highest BCUT2D eigenvalue weighted by molar-refractivity contribution is 5.89. The second-order valence-corrected chi connectivity index (χ2v) is 6.26. The summed E-state index contributed by atoms with van der Waals surface area (Å²) < 4.78 is 0. The molecular weight excluding hydrogens is 184 g/mol. The van der Waals surface area contributed by atoms with E-state index in [1.54, 1.807) is 0 Å². The van der Waals surface area contributed by atoms with E-state index in [1.807, 2.05) is 0 Å². The highest BCUT2D eigenvalue weighted by Crippen LogP contribution is 2.61. The van der Waals surface area contributed by atoms with Crippen LogP contribution >= 0.6 is 0 Å². The molecule has 0 heterocycles. The van der Waals surface area contributed by atoms with Gasteiger partial charge in [0.1, 0.15) is 0 Å². The van der Waals surface area contributed by atoms with Crippen LogP contribution in [0.5, 0.6) is 0 Å². The summed E-state index contributed by atoms with van der Waals surface area (Å²) in [6, 6.07) is 0. The van der Waals surface area contributed by atoms with Crippen LogP contribution < -0.4 is 0 Å². The highest BCUT2D eigenvalue weighted by Gasteiger charge is 2.51. The minimum Gasteiger partial charge on any atom is -0.295 e. The molecule has 0 unspecified atom stereocenters. The van der Waals surface area contributed by atoms with Crippen molar-refractivity contribution in [2.24, 2.45) is 23.2 Å². The molecule has 4 aliphatic carbocycles. The quantitative estimate of drug-likeness (QED) is 0.644. The minimum absolute atomic E-state index is 0.275. The number of ketones is 1. The average Bonchev–Trinajstić information content (AvgIpc) is 2.14. The Morgan fingerprint density at radius 1 is 1.13 bits per heavy atom. The summed E-state index contributed by atoms with van der Waals surface area (Å²) in [6.45, 7) is 3.61. The number of hydrogen-bond donors (Lipinski definition) is 0. The van der Waals surface area contributed by atoms with Gasteiger partial charge in [-0.3, -0.25) is 4.79 Å². The molecule has 4 fully saturated rings. The van der Waals surface area contributed by atoms with Crippen molar-refractivity contribution >= 4 is 5.78 Å². The summed E-state index contributed by atoms with van der Waals surface area (Å²) in [5.74, 6) is 3.13. The van der Waals surface area contributed by atoms with Gasteiger partial charge in [-0.1, -0.05) is 6.58 Å². The van der Waals surface area contributed by atoms with Gasteiger partial charge in [-0.15, -0.1) is 0 Å². The van der Waals surface area contributed by atoms with Crippen LogP contribution in [-0.4, -0.2) is 5.78 Å². The van der Waals surface area contributed by atoms with Crippen molar-refractivity contribution < 1.29 is 4.79 Å². The van der Waals surface area contributed by atoms with Gasteiger partial charge in [0.2, 0.25) is 0 Å². The Balaban J connectivity index is 1.80. The van der Waals surface area contributed by atoms with Crippen LogP contribution in [0.25, 0.3) is 0 Å². The third-order valence-corrected chi connectivity index (χ3v) is 4.94. The van der Waals surface area contributed by atoms with Crippen LogP contribution in [-0.2, 0) is 4.79 Å². The standard InChI is InChI=1S/C14H20O/c1-2-13(15)9-14-6-10-3-11(7-14)5-12(4-10)8-14/h2,10-12H,1,3-9H2. The monoisotopic (exact) mass is 204 g/mol. The van der Waals surface area contributed by atoms with Crippen LogP contribution in [0.4, 0.5) is 0 Å². The topological polar surface area (TPSA) is 17.1 Å². The smallest absolute Gasteiger partial charge is 0.155 e. The predicted molar refractivity (Wildman–Crippen MR) is 60.4 cm³/mol. The molecule has 0 spiro atoms. The minimum atomic E-state index is 0.275. The first-order valence-corrected chi connectivity index (χ1v) is 6.34. The molecule has 0 amide bonds. The summed E-state index contributed by atoms with van der Waals surface area (Å²) in [4.78, 5) is 11.6. The van der Waals surface area contributed by atoms with Gasteiger partial charge in [-0.05, 0) is 67.8 Å². The summed E-state index contributed by atoms with van der Waals surface area (Å²) in [7, 11) is 0. The van der Waals surface area contributed by atoms with Crippen LogP contribution in [0.1, 0.15) is 44.9 Å². The fourth-order valence-electron chi connectivity index (χ4n) is 4.95. The van der Waals surface area contributed by atoms with Crippen molar-refractivity contribution in [2.75, 3.05) is 0 Å². The van der Waals surface area contributed by atoms with Gasteiger partial charge in [0, 0.05) is 6.42 Å². The maximum absolute atomic E-state index is 11.6. The number of carbonyl (C=O) groups excluding carboxylic acids is 1. The molecule has 1 nitrogen and oxygen atoms in total. The van der Waals surface area contributed by atoms with Crippen LogP contribution in [0, 0.1) is 23.2 Å². The van der Waals surface area contributed by atoms with E-state index in [9.17, 15) is 4.79 Å². The summed E-state index contributed by atoms with van der Waals surface area (Å²) >= 11 is 0. The number of hydrogen-bond acceptors (Lipinski definition) is 1. The molecule has 1 heteroatoms. The second-order valence-electron chi connectivity index (χ2n) is 6.26. The van der Waals surface area contributed by atoms with Crippen molar-refractivity contribution in [3.05, 3.63) is 12.7 Å². The lowest BCUT2D eigenvalue weighted by Gasteiger charge is -2.56. The van der Waals surface area contributed by atoms with Crippen molar-refractivity contribution in [3.63, 3.8) is 0 Å². The van der Waals surface area contributed by atoms with Gasteiger partial charge >= 0.3 is 0 Å². The van der Waals surface area contributed by atoms with E-state index >= 15 is 0 Å². The molecule has 0 saturated heterocycles. The first-order valence-electron chi connectivity index (χ1n) is 6.34. The van der Waals surface area contributed by atoms with E-state index in [0.717, 1.165) is 24.2 Å². The van der Waals surface area contributed by atoms with Crippen molar-refractivity contribution in [1.82, 2.24) is 0 Å². The number of carbonyl (C=O) groups is 1. The SMILES string of the molecule is C=CC(=O)CC12CC3CC(CC(C3)C1)C2. The largest absolute Gasteiger partial charge is 0.295 e. The molecule has 0 aliphatic heterocycles. The Hall–Kier alpha value is -0.590. The molecule has 0 N–H and O–H groups in total. The van der Waals surface area contributed by atoms with Gasteiger partial charge in [-0.2, -0.15) is 0 Å². The normalized spacial score (nSPS) is 46.8. The summed E-state index contributed by atoms with van der Waals surface area (Å²) in [5, 5.41) is 0. The van der Waals surface area contributed by atoms with Crippen LogP contribution in [0.3, 0.4) is 0 Å². The lowest BCUT2D eigenvalue weighted by molar-refractivity contribution is -0.122. The number of rotatable bonds is 3. The molecule has 4 rings (SSSR count). The predicted octanol–water partition coefficient (Wildman–Crippen LogP) is 3.35. The van der Waals surface area contributed by atoms with E-state index in [0.29, 0.717) is 5.41 Å². The Morgan fingerprint density at radius 3 is 2.00 bits per heavy atom.